The Labute approximate surface area is 306 Å². The highest BCUT2D eigenvalue weighted by Crippen LogP contribution is 2.56. The smallest absolute Gasteiger partial charge is 0.105 e. The first-order valence-electron chi connectivity index (χ1n) is 18.0. The van der Waals surface area contributed by atoms with Crippen LogP contribution in [0.2, 0.25) is 0 Å². The molecule has 2 heterocycles. The number of fused-ring (bicyclic) bond motifs is 2. The maximum atomic E-state index is 5.78. The molecule has 0 spiro atoms. The van der Waals surface area contributed by atoms with E-state index in [1.54, 1.807) is 0 Å². The van der Waals surface area contributed by atoms with Crippen LogP contribution in [-0.4, -0.2) is 9.97 Å². The molecular weight excluding hydrogens is 629 g/mol. The van der Waals surface area contributed by atoms with Crippen molar-refractivity contribution >= 4 is 0 Å². The monoisotopic (exact) mass is 666 g/mol. The lowest BCUT2D eigenvalue weighted by molar-refractivity contribution is 0.546. The summed E-state index contributed by atoms with van der Waals surface area (Å²) in [5.41, 5.74) is 14.3. The largest absolute Gasteiger partial charge is 0.250 e. The van der Waals surface area contributed by atoms with Crippen LogP contribution in [-0.2, 0) is 10.8 Å². The molecule has 2 nitrogen and oxygen atoms in total. The minimum Gasteiger partial charge on any atom is -0.250 e. The van der Waals surface area contributed by atoms with Gasteiger partial charge in [0.1, 0.15) is 5.41 Å². The third kappa shape index (κ3) is 5.02. The van der Waals surface area contributed by atoms with Crippen molar-refractivity contribution < 1.29 is 0 Å². The van der Waals surface area contributed by atoms with E-state index in [-0.39, 0.29) is 5.41 Å². The lowest BCUT2D eigenvalue weighted by Gasteiger charge is -2.47. The molecule has 0 amide bonds. The van der Waals surface area contributed by atoms with Crippen LogP contribution in [0.3, 0.4) is 0 Å². The molecule has 0 saturated carbocycles. The molecular formula is C50H38N2. The second-order valence-corrected chi connectivity index (χ2v) is 14.1. The zero-order valence-corrected chi connectivity index (χ0v) is 29.4. The van der Waals surface area contributed by atoms with Crippen LogP contribution in [0.15, 0.2) is 194 Å². The van der Waals surface area contributed by atoms with Gasteiger partial charge >= 0.3 is 0 Å². The van der Waals surface area contributed by atoms with Gasteiger partial charge < -0.3 is 0 Å². The summed E-state index contributed by atoms with van der Waals surface area (Å²) in [6.45, 7) is 4.69. The number of nitrogens with zero attached hydrogens (tertiary/aromatic N) is 2. The SMILES string of the molecule is CC1(C)c2ccccc2C(c2ccc(-c3ccccc3)c(-c3ccccc3)n2)(c2ccc(-c3ccccc3)c(-c3ccccc3)n2)c2ccccc21. The topological polar surface area (TPSA) is 25.8 Å². The van der Waals surface area contributed by atoms with E-state index in [0.29, 0.717) is 0 Å². The van der Waals surface area contributed by atoms with E-state index in [1.165, 1.54) is 22.3 Å². The van der Waals surface area contributed by atoms with Gasteiger partial charge in [-0.05, 0) is 45.5 Å². The molecule has 0 aliphatic heterocycles. The van der Waals surface area contributed by atoms with Crippen molar-refractivity contribution in [3.05, 3.63) is 228 Å². The normalized spacial score (nSPS) is 13.9. The third-order valence-electron chi connectivity index (χ3n) is 10.8. The van der Waals surface area contributed by atoms with Gasteiger partial charge in [-0.1, -0.05) is 196 Å². The average Bonchev–Trinajstić information content (AvgIpc) is 3.22. The van der Waals surface area contributed by atoms with Crippen LogP contribution in [0.25, 0.3) is 44.8 Å². The Morgan fingerprint density at radius 1 is 0.308 bits per heavy atom. The molecule has 248 valence electrons. The van der Waals surface area contributed by atoms with Crippen LogP contribution in [0.5, 0.6) is 0 Å². The van der Waals surface area contributed by atoms with Crippen molar-refractivity contribution in [3.63, 3.8) is 0 Å². The number of benzene rings is 6. The Bertz CT molecular complexity index is 2340. The lowest BCUT2D eigenvalue weighted by Crippen LogP contribution is -2.43. The predicted octanol–water partition coefficient (Wildman–Crippen LogP) is 12.2. The zero-order valence-electron chi connectivity index (χ0n) is 29.4. The summed E-state index contributed by atoms with van der Waals surface area (Å²) in [5, 5.41) is 0. The van der Waals surface area contributed by atoms with Crippen LogP contribution in [0.4, 0.5) is 0 Å². The van der Waals surface area contributed by atoms with Gasteiger partial charge in [-0.25, -0.2) is 0 Å². The highest BCUT2D eigenvalue weighted by molar-refractivity contribution is 5.84. The Hall–Kier alpha value is -6.38. The molecule has 2 aromatic heterocycles. The van der Waals surface area contributed by atoms with Crippen LogP contribution in [0, 0.1) is 0 Å². The summed E-state index contributed by atoms with van der Waals surface area (Å²) in [4.78, 5) is 11.6. The molecule has 0 N–H and O–H groups in total. The highest BCUT2D eigenvalue weighted by atomic mass is 14.8. The first-order chi connectivity index (χ1) is 25.6. The van der Waals surface area contributed by atoms with E-state index < -0.39 is 5.41 Å². The maximum Gasteiger partial charge on any atom is 0.105 e. The van der Waals surface area contributed by atoms with Gasteiger partial charge in [0.2, 0.25) is 0 Å². The van der Waals surface area contributed by atoms with E-state index in [4.69, 9.17) is 9.97 Å². The average molecular weight is 667 g/mol. The molecule has 1 aliphatic carbocycles. The van der Waals surface area contributed by atoms with Crippen molar-refractivity contribution in [3.8, 4) is 44.8 Å². The molecule has 0 radical (unpaired) electrons. The second kappa shape index (κ2) is 12.7. The summed E-state index contributed by atoms with van der Waals surface area (Å²) in [6.07, 6.45) is 0. The van der Waals surface area contributed by atoms with Gasteiger partial charge in [-0.3, -0.25) is 9.97 Å². The predicted molar refractivity (Wildman–Crippen MR) is 214 cm³/mol. The van der Waals surface area contributed by atoms with Gasteiger partial charge in [0.15, 0.2) is 0 Å². The molecule has 0 bridgehead atoms. The molecule has 0 fully saturated rings. The Kier molecular flexibility index (Phi) is 7.74. The number of pyridine rings is 2. The molecule has 0 atom stereocenters. The fourth-order valence-electron chi connectivity index (χ4n) is 8.35. The van der Waals surface area contributed by atoms with Gasteiger partial charge in [-0.2, -0.15) is 0 Å². The molecule has 9 rings (SSSR count). The van der Waals surface area contributed by atoms with Crippen LogP contribution < -0.4 is 0 Å². The third-order valence-corrected chi connectivity index (χ3v) is 10.8. The molecule has 0 saturated heterocycles. The van der Waals surface area contributed by atoms with E-state index in [9.17, 15) is 0 Å². The van der Waals surface area contributed by atoms with Crippen molar-refractivity contribution in [2.75, 3.05) is 0 Å². The Balaban J connectivity index is 1.42. The summed E-state index contributed by atoms with van der Waals surface area (Å²) < 4.78 is 0. The summed E-state index contributed by atoms with van der Waals surface area (Å²) in [6, 6.07) is 69.3. The fourth-order valence-corrected chi connectivity index (χ4v) is 8.35. The van der Waals surface area contributed by atoms with E-state index in [2.05, 4.69) is 208 Å². The fraction of sp³-hybridized carbons (Fsp3) is 0.0800. The number of rotatable bonds is 6. The van der Waals surface area contributed by atoms with Crippen molar-refractivity contribution in [2.24, 2.45) is 0 Å². The van der Waals surface area contributed by atoms with Gasteiger partial charge in [0, 0.05) is 27.7 Å². The maximum absolute atomic E-state index is 5.78. The number of hydrogen-bond acceptors (Lipinski definition) is 2. The van der Waals surface area contributed by atoms with E-state index in [1.807, 2.05) is 0 Å². The first kappa shape index (κ1) is 31.6. The molecule has 6 aromatic carbocycles. The Morgan fingerprint density at radius 2 is 0.615 bits per heavy atom. The van der Waals surface area contributed by atoms with Crippen molar-refractivity contribution in [1.29, 1.82) is 0 Å². The minimum absolute atomic E-state index is 0.241. The quantitative estimate of drug-likeness (QED) is 0.176. The van der Waals surface area contributed by atoms with Crippen LogP contribution in [0.1, 0.15) is 47.5 Å². The van der Waals surface area contributed by atoms with Gasteiger partial charge in [0.05, 0.1) is 22.8 Å². The summed E-state index contributed by atoms with van der Waals surface area (Å²) in [5.74, 6) is 0. The first-order valence-corrected chi connectivity index (χ1v) is 18.0. The summed E-state index contributed by atoms with van der Waals surface area (Å²) >= 11 is 0. The van der Waals surface area contributed by atoms with E-state index >= 15 is 0 Å². The van der Waals surface area contributed by atoms with E-state index in [0.717, 1.165) is 56.2 Å². The molecule has 0 unspecified atom stereocenters. The molecule has 52 heavy (non-hydrogen) atoms. The standard InChI is InChI=1S/C50H38N2/c1-49(2)41-27-15-17-29-43(41)50(44-30-18-16-28-42(44)49,45-33-31-39(35-19-7-3-8-20-35)47(51-45)37-23-11-5-12-24-37)46-34-32-40(36-21-9-4-10-22-36)48(52-46)38-25-13-6-14-26-38/h3-34H,1-2H3. The summed E-state index contributed by atoms with van der Waals surface area (Å²) in [7, 11) is 0. The van der Waals surface area contributed by atoms with Gasteiger partial charge in [0.25, 0.3) is 0 Å². The minimum atomic E-state index is -0.819. The van der Waals surface area contributed by atoms with Crippen LogP contribution >= 0.6 is 0 Å². The molecule has 8 aromatic rings. The Morgan fingerprint density at radius 3 is 0.981 bits per heavy atom. The highest BCUT2D eigenvalue weighted by Gasteiger charge is 2.51. The van der Waals surface area contributed by atoms with Gasteiger partial charge in [-0.15, -0.1) is 0 Å². The number of aromatic nitrogens is 2. The van der Waals surface area contributed by atoms with Crippen molar-refractivity contribution in [1.82, 2.24) is 9.97 Å². The second-order valence-electron chi connectivity index (χ2n) is 14.1. The molecule has 2 heteroatoms. The van der Waals surface area contributed by atoms with Crippen molar-refractivity contribution in [2.45, 2.75) is 24.7 Å². The molecule has 1 aliphatic rings. The zero-order chi connectivity index (χ0) is 35.1. The number of hydrogen-bond donors (Lipinski definition) is 0. The lowest BCUT2D eigenvalue weighted by atomic mass is 9.56.